The molecule has 0 saturated heterocycles. The number of thiophene rings is 1. The molecule has 0 bridgehead atoms. The Bertz CT molecular complexity index is 989. The summed E-state index contributed by atoms with van der Waals surface area (Å²) >= 11 is 1.56. The fourth-order valence-electron chi connectivity index (χ4n) is 2.97. The number of rotatable bonds is 6. The molecule has 0 unspecified atom stereocenters. The van der Waals surface area contributed by atoms with Gasteiger partial charge in [-0.05, 0) is 52.3 Å². The average molecular weight is 383 g/mol. The van der Waals surface area contributed by atoms with Crippen molar-refractivity contribution >= 4 is 44.0 Å². The van der Waals surface area contributed by atoms with Crippen LogP contribution in [0.3, 0.4) is 0 Å². The second-order valence-electron chi connectivity index (χ2n) is 7.73. The number of hydrogen-bond acceptors (Lipinski definition) is 3. The number of hydrogen-bond donors (Lipinski definition) is 2. The molecule has 142 valence electrons. The van der Waals surface area contributed by atoms with E-state index in [-0.39, 0.29) is 11.8 Å². The molecule has 0 aliphatic carbocycles. The minimum absolute atomic E-state index is 0.0446. The lowest BCUT2D eigenvalue weighted by Crippen LogP contribution is -2.27. The Kier molecular flexibility index (Phi) is 5.80. The molecule has 1 aromatic heterocycles. The Hall–Kier alpha value is -2.40. The Morgan fingerprint density at radius 2 is 1.56 bits per heavy atom. The van der Waals surface area contributed by atoms with Gasteiger partial charge in [0, 0.05) is 28.7 Å². The second-order valence-corrected chi connectivity index (χ2v) is 8.65. The van der Waals surface area contributed by atoms with E-state index in [9.17, 15) is 9.59 Å². The van der Waals surface area contributed by atoms with Gasteiger partial charge in [-0.3, -0.25) is 9.59 Å². The van der Waals surface area contributed by atoms with Crippen LogP contribution in [0.4, 0.5) is 0 Å². The van der Waals surface area contributed by atoms with Gasteiger partial charge in [0.2, 0.25) is 0 Å². The highest BCUT2D eigenvalue weighted by molar-refractivity contribution is 7.17. The predicted octanol–water partition coefficient (Wildman–Crippen LogP) is 4.83. The Morgan fingerprint density at radius 1 is 0.889 bits per heavy atom. The molecule has 4 nitrogen and oxygen atoms in total. The molecule has 0 aliphatic heterocycles. The first-order valence-electron chi connectivity index (χ1n) is 9.37. The van der Waals surface area contributed by atoms with Gasteiger partial charge in [0.25, 0.3) is 11.8 Å². The van der Waals surface area contributed by atoms with Crippen LogP contribution >= 0.6 is 11.3 Å². The topological polar surface area (TPSA) is 58.2 Å². The van der Waals surface area contributed by atoms with Crippen molar-refractivity contribution in [2.75, 3.05) is 13.1 Å². The van der Waals surface area contributed by atoms with Gasteiger partial charge in [0.15, 0.2) is 0 Å². The second kappa shape index (κ2) is 8.09. The highest BCUT2D eigenvalue weighted by atomic mass is 32.1. The van der Waals surface area contributed by atoms with E-state index in [0.717, 1.165) is 20.9 Å². The van der Waals surface area contributed by atoms with Gasteiger partial charge in [0.05, 0.1) is 5.56 Å². The molecular weight excluding hydrogens is 356 g/mol. The lowest BCUT2D eigenvalue weighted by molar-refractivity contribution is 0.0942. The zero-order chi connectivity index (χ0) is 19.6. The van der Waals surface area contributed by atoms with Crippen LogP contribution in [0.2, 0.25) is 0 Å². The summed E-state index contributed by atoms with van der Waals surface area (Å²) in [5.41, 5.74) is 1.35. The maximum absolute atomic E-state index is 12.7. The van der Waals surface area contributed by atoms with E-state index in [2.05, 4.69) is 38.3 Å². The van der Waals surface area contributed by atoms with E-state index in [1.165, 1.54) is 0 Å². The maximum Gasteiger partial charge on any atom is 0.252 e. The van der Waals surface area contributed by atoms with Crippen LogP contribution in [0.25, 0.3) is 20.9 Å². The highest BCUT2D eigenvalue weighted by Gasteiger charge is 2.16. The van der Waals surface area contributed by atoms with Crippen molar-refractivity contribution in [3.8, 4) is 0 Å². The van der Waals surface area contributed by atoms with E-state index in [1.807, 2.05) is 35.7 Å². The summed E-state index contributed by atoms with van der Waals surface area (Å²) in [4.78, 5) is 25.1. The lowest BCUT2D eigenvalue weighted by atomic mass is 10.00. The van der Waals surface area contributed by atoms with E-state index in [4.69, 9.17) is 0 Å². The molecule has 5 heteroatoms. The van der Waals surface area contributed by atoms with Crippen LogP contribution in [0.5, 0.6) is 0 Å². The van der Waals surface area contributed by atoms with Crippen molar-refractivity contribution < 1.29 is 9.59 Å². The third-order valence-corrected chi connectivity index (χ3v) is 5.35. The summed E-state index contributed by atoms with van der Waals surface area (Å²) in [7, 11) is 0. The zero-order valence-electron chi connectivity index (χ0n) is 16.3. The molecule has 0 aliphatic rings. The Morgan fingerprint density at radius 3 is 2.22 bits per heavy atom. The highest BCUT2D eigenvalue weighted by Crippen LogP contribution is 2.33. The predicted molar refractivity (Wildman–Crippen MR) is 114 cm³/mol. The number of nitrogens with one attached hydrogen (secondary N) is 2. The van der Waals surface area contributed by atoms with Crippen LogP contribution in [-0.2, 0) is 0 Å². The fourth-order valence-corrected chi connectivity index (χ4v) is 3.89. The smallest absolute Gasteiger partial charge is 0.252 e. The first-order valence-corrected chi connectivity index (χ1v) is 10.2. The molecule has 0 radical (unpaired) electrons. The molecule has 0 fully saturated rings. The van der Waals surface area contributed by atoms with Crippen molar-refractivity contribution in [3.05, 3.63) is 46.8 Å². The zero-order valence-corrected chi connectivity index (χ0v) is 17.1. The van der Waals surface area contributed by atoms with Crippen molar-refractivity contribution in [2.45, 2.75) is 27.7 Å². The van der Waals surface area contributed by atoms with Crippen LogP contribution < -0.4 is 10.6 Å². The standard InChI is InChI=1S/C22H26N2O2S/c1-13(2)11-23-21(25)16-6-5-15-9-19(22(26)24-12-14(3)4)20-17(7-8-27-20)18(15)10-16/h5-10,13-14H,11-12H2,1-4H3,(H,23,25)(H,24,26). The SMILES string of the molecule is CC(C)CNC(=O)c1ccc2cc(C(=O)NCC(C)C)c3sccc3c2c1. The molecule has 1 heterocycles. The summed E-state index contributed by atoms with van der Waals surface area (Å²) in [5, 5.41) is 11.0. The average Bonchev–Trinajstić information content (AvgIpc) is 3.13. The van der Waals surface area contributed by atoms with Gasteiger partial charge in [-0.15, -0.1) is 11.3 Å². The summed E-state index contributed by atoms with van der Waals surface area (Å²) < 4.78 is 0.962. The molecule has 0 spiro atoms. The number of carbonyl (C=O) groups is 2. The molecule has 27 heavy (non-hydrogen) atoms. The molecule has 2 N–H and O–H groups in total. The monoisotopic (exact) mass is 382 g/mol. The Balaban J connectivity index is 2.00. The van der Waals surface area contributed by atoms with Gasteiger partial charge in [-0.2, -0.15) is 0 Å². The summed E-state index contributed by atoms with van der Waals surface area (Å²) in [5.74, 6) is 0.703. The number of amides is 2. The van der Waals surface area contributed by atoms with Crippen LogP contribution in [-0.4, -0.2) is 24.9 Å². The fraction of sp³-hybridized carbons (Fsp3) is 0.364. The van der Waals surface area contributed by atoms with Crippen LogP contribution in [0.1, 0.15) is 48.4 Å². The Labute approximate surface area is 164 Å². The number of fused-ring (bicyclic) bond motifs is 3. The van der Waals surface area contributed by atoms with Crippen molar-refractivity contribution in [1.82, 2.24) is 10.6 Å². The molecule has 3 rings (SSSR count). The third-order valence-electron chi connectivity index (χ3n) is 4.40. The molecule has 2 amide bonds. The molecule has 0 saturated carbocycles. The van der Waals surface area contributed by atoms with E-state index < -0.39 is 0 Å². The van der Waals surface area contributed by atoms with Gasteiger partial charge < -0.3 is 10.6 Å². The first-order chi connectivity index (χ1) is 12.9. The van der Waals surface area contributed by atoms with Crippen molar-refractivity contribution in [3.63, 3.8) is 0 Å². The molecule has 0 atom stereocenters. The summed E-state index contributed by atoms with van der Waals surface area (Å²) in [6.45, 7) is 9.60. The molecule has 2 aromatic carbocycles. The molecular formula is C22H26N2O2S. The van der Waals surface area contributed by atoms with Gasteiger partial charge in [0.1, 0.15) is 0 Å². The number of carbonyl (C=O) groups excluding carboxylic acids is 2. The van der Waals surface area contributed by atoms with Crippen molar-refractivity contribution in [1.29, 1.82) is 0 Å². The maximum atomic E-state index is 12.7. The first kappa shape index (κ1) is 19.4. The summed E-state index contributed by atoms with van der Waals surface area (Å²) in [6, 6.07) is 9.63. The van der Waals surface area contributed by atoms with E-state index in [1.54, 1.807) is 11.3 Å². The van der Waals surface area contributed by atoms with E-state index >= 15 is 0 Å². The normalized spacial score (nSPS) is 11.5. The van der Waals surface area contributed by atoms with E-state index in [0.29, 0.717) is 36.1 Å². The van der Waals surface area contributed by atoms with Gasteiger partial charge >= 0.3 is 0 Å². The quantitative estimate of drug-likeness (QED) is 0.642. The number of benzene rings is 2. The van der Waals surface area contributed by atoms with Crippen LogP contribution in [0.15, 0.2) is 35.7 Å². The summed E-state index contributed by atoms with van der Waals surface area (Å²) in [6.07, 6.45) is 0. The van der Waals surface area contributed by atoms with Gasteiger partial charge in [-0.1, -0.05) is 33.8 Å². The largest absolute Gasteiger partial charge is 0.352 e. The molecule has 3 aromatic rings. The van der Waals surface area contributed by atoms with Crippen molar-refractivity contribution in [2.24, 2.45) is 11.8 Å². The lowest BCUT2D eigenvalue weighted by Gasteiger charge is -2.11. The third kappa shape index (κ3) is 4.30. The minimum Gasteiger partial charge on any atom is -0.352 e. The van der Waals surface area contributed by atoms with Crippen LogP contribution in [0, 0.1) is 11.8 Å². The minimum atomic E-state index is -0.0623. The van der Waals surface area contributed by atoms with Gasteiger partial charge in [-0.25, -0.2) is 0 Å².